The van der Waals surface area contributed by atoms with Crippen LogP contribution in [-0.4, -0.2) is 401 Å². The minimum atomic E-state index is -2.22. The molecule has 0 radical (unpaired) electrons. The van der Waals surface area contributed by atoms with Gasteiger partial charge >= 0.3 is 11.9 Å². The fourth-order valence-electron chi connectivity index (χ4n) is 13.6. The predicted octanol–water partition coefficient (Wildman–Crippen LogP) is -17.6. The lowest BCUT2D eigenvalue weighted by Gasteiger charge is -2.50. The molecule has 111 heavy (non-hydrogen) atoms. The molecule has 25 rings (SSSR count). The molecular formula is C66H111N9O36+2. The van der Waals surface area contributed by atoms with Crippen molar-refractivity contribution in [3.8, 4) is 0 Å². The highest BCUT2D eigenvalue weighted by atomic mass is 16.8. The smallest absolute Gasteiger partial charge is 0.339 e. The van der Waals surface area contributed by atoms with Crippen LogP contribution in [0.4, 0.5) is 5.69 Å². The number of nitrogens with two attached hydrogens (primary N) is 4. The number of carbonyl (C=O) groups excluding carboxylic acids is 2. The number of rotatable bonds is 18. The second-order valence-corrected chi connectivity index (χ2v) is 28.0. The zero-order chi connectivity index (χ0) is 81.6. The van der Waals surface area contributed by atoms with Crippen molar-refractivity contribution < 1.29 is 188 Å². The Morgan fingerprint density at radius 2 is 0.703 bits per heavy atom. The van der Waals surface area contributed by atoms with E-state index in [-0.39, 0.29) is 68.9 Å². The molecule has 0 aliphatic carbocycles. The van der Waals surface area contributed by atoms with Crippen molar-refractivity contribution in [3.63, 3.8) is 0 Å². The maximum Gasteiger partial charge on any atom is 0.339 e. The SMILES string of the molecule is C=C(C)C(=O)NCCNC[C@H]1O[C@@H]2OCCCC[C@H]3[C@H](O)[C@@H](O)[C@@H](O[C@H]4[C@H](O)[C@@H](O)[C@@H](O[C@H]5[C@H](O)[C@@H](O)[C@@H](O[C@H]6[C@H](O)[C@@H](O)[C@@H](O[C@H]7[C@H](O)[C@@H](O)[C@@H](O[C@H]8[C@H](O)[C@@H](O)[C@@H](OC1[C@H](O)[C@H]2O)O[C@@H]8CO)O[C@@H]7CO)O[C@@H]6CO)O[C@@H]5CO)O[C@@H]4CO)O[C@@H]3CO.C=C(C)C(=O)Nc1cc(C[NH+]=C(N)N)cc(C[NH+]=C(N)N)c1. The normalized spacial score (nSPS) is 41.9. The Hall–Kier alpha value is -5.22. The largest absolute Gasteiger partial charge is 0.394 e. The van der Waals surface area contributed by atoms with E-state index in [0.29, 0.717) is 24.4 Å². The summed E-state index contributed by atoms with van der Waals surface area (Å²) in [7, 11) is 0. The Labute approximate surface area is 635 Å². The summed E-state index contributed by atoms with van der Waals surface area (Å²) in [6.45, 7) is 5.12. The van der Waals surface area contributed by atoms with E-state index in [0.717, 1.165) is 11.1 Å². The molecule has 24 fully saturated rings. The number of fused-ring (bicyclic) bond motifs is 1. The van der Waals surface area contributed by atoms with Gasteiger partial charge in [-0.1, -0.05) is 19.6 Å². The summed E-state index contributed by atoms with van der Waals surface area (Å²) in [5.41, 5.74) is 24.6. The summed E-state index contributed by atoms with van der Waals surface area (Å²) in [6, 6.07) is 5.55. The van der Waals surface area contributed by atoms with Crippen LogP contribution >= 0.6 is 0 Å². The van der Waals surface area contributed by atoms with Crippen LogP contribution in [-0.2, 0) is 89.0 Å². The van der Waals surface area contributed by atoms with Crippen LogP contribution in [0, 0.1) is 5.92 Å². The van der Waals surface area contributed by atoms with E-state index >= 15 is 0 Å². The molecule has 24 aliphatic heterocycles. The van der Waals surface area contributed by atoms with E-state index < -0.39 is 260 Å². The highest BCUT2D eigenvalue weighted by Crippen LogP contribution is 2.39. The van der Waals surface area contributed by atoms with Gasteiger partial charge in [0.1, 0.15) is 153 Å². The number of carbonyl (C=O) groups is 2. The molecule has 0 aromatic heterocycles. The molecule has 1 aromatic rings. The summed E-state index contributed by atoms with van der Waals surface area (Å²) in [6.07, 6.45) is -64.0. The van der Waals surface area contributed by atoms with Crippen LogP contribution < -0.4 is 48.9 Å². The third-order valence-corrected chi connectivity index (χ3v) is 19.8. The number of hydrogen-bond donors (Lipinski definition) is 29. The van der Waals surface area contributed by atoms with Gasteiger partial charge in [-0.05, 0) is 56.0 Å². The lowest BCUT2D eigenvalue weighted by atomic mass is 9.85. The van der Waals surface area contributed by atoms with E-state index in [2.05, 4.69) is 39.1 Å². The van der Waals surface area contributed by atoms with Crippen LogP contribution in [0.15, 0.2) is 42.5 Å². The molecule has 24 aliphatic rings. The maximum absolute atomic E-state index is 12.1. The summed E-state index contributed by atoms with van der Waals surface area (Å²) >= 11 is 0. The molecule has 2 amide bonds. The van der Waals surface area contributed by atoms with E-state index in [9.17, 15) is 112 Å². The minimum absolute atomic E-state index is 0.0503. The van der Waals surface area contributed by atoms with Crippen molar-refractivity contribution >= 4 is 29.4 Å². The second-order valence-electron chi connectivity index (χ2n) is 28.0. The van der Waals surface area contributed by atoms with Gasteiger partial charge in [0.2, 0.25) is 5.91 Å². The first-order valence-corrected chi connectivity index (χ1v) is 36.0. The van der Waals surface area contributed by atoms with E-state index in [4.69, 9.17) is 89.3 Å². The summed E-state index contributed by atoms with van der Waals surface area (Å²) in [5.74, 6) is -1.43. The van der Waals surface area contributed by atoms with E-state index in [1.54, 1.807) is 6.92 Å². The summed E-state index contributed by atoms with van der Waals surface area (Å²) in [5, 5.41) is 231. The number of anilines is 1. The Bertz CT molecular complexity index is 3130. The van der Waals surface area contributed by atoms with Gasteiger partial charge in [-0.25, -0.2) is 0 Å². The quantitative estimate of drug-likeness (QED) is 0.0281. The number of benzene rings is 1. The zero-order valence-electron chi connectivity index (χ0n) is 60.7. The Morgan fingerprint density at radius 3 is 1.03 bits per heavy atom. The van der Waals surface area contributed by atoms with E-state index in [1.165, 1.54) is 6.92 Å². The van der Waals surface area contributed by atoms with Crippen LogP contribution in [0.25, 0.3) is 0 Å². The second kappa shape index (κ2) is 42.1. The lowest BCUT2D eigenvalue weighted by Crippen LogP contribution is -2.76. The molecule has 1 unspecified atom stereocenters. The van der Waals surface area contributed by atoms with Gasteiger partial charge in [0.15, 0.2) is 44.0 Å². The minimum Gasteiger partial charge on any atom is -0.394 e. The Balaban J connectivity index is 0.000000605. The number of ether oxygens (including phenoxy) is 14. The highest BCUT2D eigenvalue weighted by molar-refractivity contribution is 6.02. The highest BCUT2D eigenvalue weighted by Gasteiger charge is 2.59. The molecular weight excluding hydrogens is 1490 g/mol. The van der Waals surface area contributed by atoms with Gasteiger partial charge in [-0.3, -0.25) is 42.5 Å². The zero-order valence-corrected chi connectivity index (χ0v) is 60.7. The third kappa shape index (κ3) is 22.7. The standard InChI is InChI=1S/C52H88N2O35.C14H21N7O/c1-16(2)45(75)54-7-6-53-9-18-39-26(62)33(69)46(77-18)76-8-4-3-5-17-19(10-55)78-47(32(68)25(17)61)85-40-20(11-56)80-49(35(71)28(40)64)87-42-22(13-58)82-51(37(73)30(42)66)89-44-24(15-60)83-52(38(74)31(44)67)88-43-23(14-59)81-50(36(72)29(43)65)86-41-21(12-57)79-48(84-39)34(70)27(41)63;1-8(2)12(22)21-11-4-9(6-19-13(15)16)3-10(5-11)7-20-14(17)18/h17-44,46-53,55-74H,1,3-15H2,2H3,(H,54,75);3-5H,1,6-7H2,2H3,(H,21,22)(H4,15,16,19)(H4,17,18,20)/p+2/t17-,18-,19-,20-,21-,22-,23-,24-,25+,26-,27-,28-,29-,30-,31-,32-,33-,34-,35-,36-,37-,38-,39?,40-,41-,42-,43-,44-,46+,47-,48-,49-,50-,51-,52-;/m1./s1. The van der Waals surface area contributed by atoms with Crippen molar-refractivity contribution in [2.45, 2.75) is 255 Å². The molecule has 45 heteroatoms. The fraction of sp³-hybridized carbons (Fsp3) is 0.788. The lowest BCUT2D eigenvalue weighted by molar-refractivity contribution is -0.478. The van der Waals surface area contributed by atoms with Crippen LogP contribution in [0.3, 0.4) is 0 Å². The first-order valence-electron chi connectivity index (χ1n) is 36.0. The van der Waals surface area contributed by atoms with Crippen LogP contribution in [0.5, 0.6) is 0 Å². The molecule has 33 N–H and O–H groups in total. The van der Waals surface area contributed by atoms with Crippen LogP contribution in [0.1, 0.15) is 44.2 Å². The molecule has 45 nitrogen and oxygen atoms in total. The number of aliphatic hydroxyl groups is 20. The molecule has 0 saturated carbocycles. The number of aliphatic hydroxyl groups excluding tert-OH is 20. The van der Waals surface area contributed by atoms with Gasteiger partial charge in [-0.2, -0.15) is 0 Å². The van der Waals surface area contributed by atoms with Gasteiger partial charge in [0.05, 0.1) is 64.9 Å². The van der Waals surface area contributed by atoms with Crippen molar-refractivity contribution in [1.29, 1.82) is 0 Å². The molecule has 35 atom stereocenters. The van der Waals surface area contributed by atoms with Crippen LogP contribution in [0.2, 0.25) is 0 Å². The average Bonchev–Trinajstić information content (AvgIpc) is 0.777. The molecule has 634 valence electrons. The average molecular weight is 1610 g/mol. The first kappa shape index (κ1) is 91.3. The Morgan fingerprint density at radius 1 is 0.396 bits per heavy atom. The molecule has 0 spiro atoms. The number of nitrogens with one attached hydrogen (secondary N) is 5. The first-order chi connectivity index (χ1) is 52.7. The third-order valence-electron chi connectivity index (χ3n) is 19.8. The van der Waals surface area contributed by atoms with Gasteiger partial charge in [-0.15, -0.1) is 0 Å². The number of guanidine groups is 2. The van der Waals surface area contributed by atoms with Gasteiger partial charge in [0, 0.05) is 49.0 Å². The topological polar surface area (TPSA) is 736 Å². The summed E-state index contributed by atoms with van der Waals surface area (Å²) < 4.78 is 81.4. The van der Waals surface area contributed by atoms with Crippen molar-refractivity contribution in [3.05, 3.63) is 53.6 Å². The summed E-state index contributed by atoms with van der Waals surface area (Å²) in [4.78, 5) is 29.5. The van der Waals surface area contributed by atoms with Crippen molar-refractivity contribution in [2.75, 3.05) is 71.2 Å². The van der Waals surface area contributed by atoms with Crippen molar-refractivity contribution in [2.24, 2.45) is 28.9 Å². The predicted molar refractivity (Wildman–Crippen MR) is 366 cm³/mol. The number of amides is 2. The van der Waals surface area contributed by atoms with Crippen molar-refractivity contribution in [1.82, 2.24) is 10.6 Å². The molecule has 1 aromatic carbocycles. The van der Waals surface area contributed by atoms with Gasteiger partial charge < -0.3 is 184 Å². The maximum atomic E-state index is 12.1. The molecule has 24 heterocycles. The fourth-order valence-corrected chi connectivity index (χ4v) is 13.6. The van der Waals surface area contributed by atoms with E-state index in [1.807, 2.05) is 18.2 Å². The molecule has 24 saturated heterocycles. The van der Waals surface area contributed by atoms with Gasteiger partial charge in [0.25, 0.3) is 5.91 Å². The monoisotopic (exact) mass is 1610 g/mol. The number of hydrogen-bond acceptors (Lipinski definition) is 37. The molecule has 14 bridgehead atoms. The Kier molecular flexibility index (Phi) is 34.6.